The summed E-state index contributed by atoms with van der Waals surface area (Å²) in [5.41, 5.74) is 8.91. The fraction of sp³-hybridized carbons (Fsp3) is 0.429. The van der Waals surface area contributed by atoms with E-state index < -0.39 is 7.12 Å². The summed E-state index contributed by atoms with van der Waals surface area (Å²) in [6.45, 7) is 2.47. The number of azide groups is 1. The van der Waals surface area contributed by atoms with Crippen molar-refractivity contribution in [2.75, 3.05) is 39.6 Å². The molecule has 0 atom stereocenters. The van der Waals surface area contributed by atoms with Gasteiger partial charge in [-0.3, -0.25) is 0 Å². The molecule has 8 nitrogen and oxygen atoms in total. The molecule has 0 spiro atoms. The topological polar surface area (TPSA) is 117 Å². The minimum atomic E-state index is -1.45. The number of hydrogen-bond acceptors (Lipinski definition) is 6. The Bertz CT molecular complexity index is 504. The summed E-state index contributed by atoms with van der Waals surface area (Å²) >= 11 is 0. The lowest BCUT2D eigenvalue weighted by molar-refractivity contribution is 0.0388. The highest BCUT2D eigenvalue weighted by molar-refractivity contribution is 6.48. The maximum Gasteiger partial charge on any atom is 0.480 e. The van der Waals surface area contributed by atoms with Crippen molar-refractivity contribution in [2.24, 2.45) is 5.11 Å². The van der Waals surface area contributed by atoms with Gasteiger partial charge in [0.1, 0.15) is 12.4 Å². The fourth-order valence-corrected chi connectivity index (χ4v) is 1.56. The zero-order valence-electron chi connectivity index (χ0n) is 12.7. The van der Waals surface area contributed by atoms with Crippen LogP contribution in [0, 0.1) is 0 Å². The highest BCUT2D eigenvalue weighted by atomic mass is 16.5. The van der Waals surface area contributed by atoms with E-state index in [1.807, 2.05) is 12.1 Å². The van der Waals surface area contributed by atoms with E-state index in [1.165, 1.54) is 5.98 Å². The van der Waals surface area contributed by atoms with Gasteiger partial charge in [-0.2, -0.15) is 0 Å². The van der Waals surface area contributed by atoms with E-state index in [2.05, 4.69) is 10.0 Å². The number of nitrogens with zero attached hydrogens (tertiary/aromatic N) is 3. The predicted octanol–water partition coefficient (Wildman–Crippen LogP) is 1.43. The smallest absolute Gasteiger partial charge is 0.480 e. The van der Waals surface area contributed by atoms with Gasteiger partial charge in [0.25, 0.3) is 0 Å². The molecular weight excluding hydrogens is 301 g/mol. The standard InChI is InChI=1S/C14H20BN3O5/c16-18-17-7-8-21-9-10-22-11-12-23-14-3-1-13(2-4-14)5-6-15(19)20/h1-6,19-20H,7-12H2/b6-5+. The quantitative estimate of drug-likeness (QED) is 0.199. The molecule has 0 bridgehead atoms. The number of rotatable bonds is 12. The Balaban J connectivity index is 2.06. The van der Waals surface area contributed by atoms with Crippen molar-refractivity contribution in [3.05, 3.63) is 46.2 Å². The van der Waals surface area contributed by atoms with Crippen molar-refractivity contribution < 1.29 is 24.3 Å². The van der Waals surface area contributed by atoms with Gasteiger partial charge < -0.3 is 24.3 Å². The molecule has 1 aromatic carbocycles. The second-order valence-corrected chi connectivity index (χ2v) is 4.37. The molecule has 0 aliphatic heterocycles. The first-order chi connectivity index (χ1) is 11.2. The van der Waals surface area contributed by atoms with Crippen LogP contribution < -0.4 is 4.74 Å². The van der Waals surface area contributed by atoms with Crippen molar-refractivity contribution in [1.82, 2.24) is 0 Å². The van der Waals surface area contributed by atoms with Crippen molar-refractivity contribution >= 4 is 13.2 Å². The summed E-state index contributed by atoms with van der Waals surface area (Å²) < 4.78 is 16.0. The van der Waals surface area contributed by atoms with E-state index in [9.17, 15) is 0 Å². The fourth-order valence-electron chi connectivity index (χ4n) is 1.56. The first kappa shape index (κ1) is 19.0. The monoisotopic (exact) mass is 321 g/mol. The summed E-state index contributed by atoms with van der Waals surface area (Å²) in [7, 11) is -1.45. The van der Waals surface area contributed by atoms with Gasteiger partial charge in [0, 0.05) is 11.5 Å². The second kappa shape index (κ2) is 12.5. The molecule has 0 aliphatic carbocycles. The van der Waals surface area contributed by atoms with Crippen molar-refractivity contribution in [1.29, 1.82) is 0 Å². The van der Waals surface area contributed by atoms with Gasteiger partial charge in [-0.1, -0.05) is 29.3 Å². The normalized spacial score (nSPS) is 10.5. The zero-order chi connectivity index (χ0) is 16.8. The third kappa shape index (κ3) is 10.3. The third-order valence-corrected chi connectivity index (χ3v) is 2.61. The molecule has 0 fully saturated rings. The van der Waals surface area contributed by atoms with Gasteiger partial charge in [0.15, 0.2) is 0 Å². The zero-order valence-corrected chi connectivity index (χ0v) is 12.7. The van der Waals surface area contributed by atoms with E-state index in [-0.39, 0.29) is 0 Å². The van der Waals surface area contributed by atoms with E-state index in [0.29, 0.717) is 45.3 Å². The minimum Gasteiger partial charge on any atom is -0.491 e. The summed E-state index contributed by atoms with van der Waals surface area (Å²) in [5.74, 6) is 1.99. The van der Waals surface area contributed by atoms with Crippen molar-refractivity contribution in [2.45, 2.75) is 0 Å². The van der Waals surface area contributed by atoms with Crippen LogP contribution in [0.3, 0.4) is 0 Å². The molecule has 9 heteroatoms. The Labute approximate surface area is 135 Å². The van der Waals surface area contributed by atoms with Gasteiger partial charge in [-0.15, -0.1) is 0 Å². The van der Waals surface area contributed by atoms with E-state index in [1.54, 1.807) is 18.2 Å². The largest absolute Gasteiger partial charge is 0.491 e. The van der Waals surface area contributed by atoms with Gasteiger partial charge in [-0.25, -0.2) is 0 Å². The molecule has 0 aromatic heterocycles. The van der Waals surface area contributed by atoms with Crippen LogP contribution in [0.5, 0.6) is 5.75 Å². The summed E-state index contributed by atoms with van der Waals surface area (Å²) in [6.07, 6.45) is 1.61. The van der Waals surface area contributed by atoms with E-state index in [0.717, 1.165) is 5.56 Å². The molecule has 1 rings (SSSR count). The summed E-state index contributed by atoms with van der Waals surface area (Å²) in [5, 5.41) is 20.8. The lowest BCUT2D eigenvalue weighted by atomic mass is 9.91. The summed E-state index contributed by atoms with van der Waals surface area (Å²) in [6, 6.07) is 7.21. The van der Waals surface area contributed by atoms with Gasteiger partial charge in [0.05, 0.1) is 26.4 Å². The molecule has 0 aliphatic rings. The first-order valence-electron chi connectivity index (χ1n) is 7.16. The number of benzene rings is 1. The van der Waals surface area contributed by atoms with Crippen LogP contribution in [0.15, 0.2) is 35.4 Å². The van der Waals surface area contributed by atoms with Gasteiger partial charge in [0.2, 0.25) is 0 Å². The predicted molar refractivity (Wildman–Crippen MR) is 86.8 cm³/mol. The third-order valence-electron chi connectivity index (χ3n) is 2.61. The molecular formula is C14H20BN3O5. The molecule has 0 amide bonds. The van der Waals surface area contributed by atoms with Crippen LogP contribution in [0.1, 0.15) is 5.56 Å². The van der Waals surface area contributed by atoms with Crippen LogP contribution in [0.2, 0.25) is 0 Å². The maximum absolute atomic E-state index is 8.73. The Morgan fingerprint density at radius 1 is 1.04 bits per heavy atom. The first-order valence-corrected chi connectivity index (χ1v) is 7.16. The average molecular weight is 321 g/mol. The lowest BCUT2D eigenvalue weighted by Crippen LogP contribution is -2.11. The molecule has 2 N–H and O–H groups in total. The molecule has 124 valence electrons. The Kier molecular flexibility index (Phi) is 10.3. The van der Waals surface area contributed by atoms with Crippen LogP contribution in [0.25, 0.3) is 16.5 Å². The van der Waals surface area contributed by atoms with Crippen molar-refractivity contribution in [3.8, 4) is 5.75 Å². The molecule has 0 saturated carbocycles. The Hall–Kier alpha value is -2.03. The Morgan fingerprint density at radius 3 is 2.35 bits per heavy atom. The molecule has 0 unspecified atom stereocenters. The van der Waals surface area contributed by atoms with Crippen LogP contribution >= 0.6 is 0 Å². The van der Waals surface area contributed by atoms with E-state index >= 15 is 0 Å². The molecule has 0 radical (unpaired) electrons. The lowest BCUT2D eigenvalue weighted by Gasteiger charge is -2.07. The Morgan fingerprint density at radius 2 is 1.70 bits per heavy atom. The minimum absolute atomic E-state index is 0.321. The average Bonchev–Trinajstić information content (AvgIpc) is 2.55. The number of ether oxygens (including phenoxy) is 3. The number of hydrogen-bond donors (Lipinski definition) is 2. The highest BCUT2D eigenvalue weighted by Gasteiger charge is 1.99. The molecule has 0 heterocycles. The van der Waals surface area contributed by atoms with Crippen LogP contribution in [0.4, 0.5) is 0 Å². The maximum atomic E-state index is 8.73. The van der Waals surface area contributed by atoms with E-state index in [4.69, 9.17) is 29.8 Å². The van der Waals surface area contributed by atoms with Crippen LogP contribution in [-0.4, -0.2) is 56.7 Å². The van der Waals surface area contributed by atoms with Gasteiger partial charge in [-0.05, 0) is 23.2 Å². The van der Waals surface area contributed by atoms with Gasteiger partial charge >= 0.3 is 7.12 Å². The SMILES string of the molecule is [N-]=[N+]=NCCOCCOCCOc1ccc(/C=C/B(O)O)cc1. The van der Waals surface area contributed by atoms with Crippen molar-refractivity contribution in [3.63, 3.8) is 0 Å². The molecule has 23 heavy (non-hydrogen) atoms. The highest BCUT2D eigenvalue weighted by Crippen LogP contribution is 2.13. The molecule has 1 aromatic rings. The molecule has 0 saturated heterocycles. The van der Waals surface area contributed by atoms with Crippen LogP contribution in [-0.2, 0) is 9.47 Å². The summed E-state index contributed by atoms with van der Waals surface area (Å²) in [4.78, 5) is 2.62. The second-order valence-electron chi connectivity index (χ2n) is 4.37.